The van der Waals surface area contributed by atoms with Crippen LogP contribution in [0, 0.1) is 0 Å². The van der Waals surface area contributed by atoms with Crippen LogP contribution >= 0.6 is 11.8 Å². The predicted molar refractivity (Wildman–Crippen MR) is 122 cm³/mol. The lowest BCUT2D eigenvalue weighted by molar-refractivity contribution is -0.118. The summed E-state index contributed by atoms with van der Waals surface area (Å²) < 4.78 is 5.14. The molecule has 1 saturated heterocycles. The Morgan fingerprint density at radius 3 is 2.83 bits per heavy atom. The lowest BCUT2D eigenvalue weighted by atomic mass is 10.0. The summed E-state index contributed by atoms with van der Waals surface area (Å²) in [6.07, 6.45) is 3.90. The molecule has 0 radical (unpaired) electrons. The molecule has 0 saturated carbocycles. The zero-order valence-electron chi connectivity index (χ0n) is 18.6. The Bertz CT molecular complexity index is 749. The molecule has 0 unspecified atom stereocenters. The van der Waals surface area contributed by atoms with E-state index in [-0.39, 0.29) is 29.1 Å². The van der Waals surface area contributed by atoms with Crippen molar-refractivity contribution in [1.29, 1.82) is 0 Å². The summed E-state index contributed by atoms with van der Waals surface area (Å²) in [6, 6.07) is 6.20. The van der Waals surface area contributed by atoms with Gasteiger partial charge in [0.1, 0.15) is 0 Å². The van der Waals surface area contributed by atoms with Gasteiger partial charge in [0.05, 0.1) is 10.9 Å². The van der Waals surface area contributed by atoms with Gasteiger partial charge in [-0.3, -0.25) is 9.59 Å². The van der Waals surface area contributed by atoms with Crippen LogP contribution in [0.15, 0.2) is 23.1 Å². The molecule has 2 aliphatic heterocycles. The van der Waals surface area contributed by atoms with Crippen LogP contribution in [-0.2, 0) is 9.53 Å². The van der Waals surface area contributed by atoms with Crippen LogP contribution in [0.3, 0.4) is 0 Å². The van der Waals surface area contributed by atoms with Crippen LogP contribution in [0.25, 0.3) is 0 Å². The van der Waals surface area contributed by atoms with Crippen LogP contribution in [0.4, 0.5) is 5.69 Å². The lowest BCUT2D eigenvalue weighted by Crippen LogP contribution is -2.51. The highest BCUT2D eigenvalue weighted by Crippen LogP contribution is 2.40. The topological polar surface area (TPSA) is 61.9 Å². The molecule has 7 heteroatoms. The molecule has 3 rings (SSSR count). The summed E-state index contributed by atoms with van der Waals surface area (Å²) in [6.45, 7) is 9.31. The van der Waals surface area contributed by atoms with Crippen molar-refractivity contribution in [3.05, 3.63) is 23.8 Å². The monoisotopic (exact) mass is 433 g/mol. The van der Waals surface area contributed by atoms with Crippen LogP contribution in [-0.4, -0.2) is 67.4 Å². The maximum atomic E-state index is 13.5. The van der Waals surface area contributed by atoms with Gasteiger partial charge in [-0.15, -0.1) is 11.8 Å². The van der Waals surface area contributed by atoms with E-state index in [1.165, 1.54) is 0 Å². The summed E-state index contributed by atoms with van der Waals surface area (Å²) in [5.74, 6) is 0.170. The van der Waals surface area contributed by atoms with Crippen LogP contribution in [0.5, 0.6) is 0 Å². The van der Waals surface area contributed by atoms with Crippen molar-refractivity contribution in [3.63, 3.8) is 0 Å². The molecule has 1 N–H and O–H groups in total. The number of amides is 2. The second kappa shape index (κ2) is 10.6. The third-order valence-electron chi connectivity index (χ3n) is 5.85. The van der Waals surface area contributed by atoms with E-state index >= 15 is 0 Å². The number of anilines is 1. The second-order valence-corrected chi connectivity index (χ2v) is 9.82. The number of carbonyl (C=O) groups is 2. The molecule has 30 heavy (non-hydrogen) atoms. The van der Waals surface area contributed by atoms with Crippen molar-refractivity contribution in [3.8, 4) is 0 Å². The number of methoxy groups -OCH3 is 1. The minimum atomic E-state index is -0.109. The molecule has 6 nitrogen and oxygen atoms in total. The number of piperidine rings is 1. The Morgan fingerprint density at radius 2 is 2.17 bits per heavy atom. The van der Waals surface area contributed by atoms with Gasteiger partial charge in [0.2, 0.25) is 5.91 Å². The van der Waals surface area contributed by atoms with Crippen molar-refractivity contribution in [2.45, 2.75) is 68.7 Å². The molecule has 0 aliphatic carbocycles. The first-order valence-electron chi connectivity index (χ1n) is 11.1. The Kier molecular flexibility index (Phi) is 8.20. The van der Waals surface area contributed by atoms with E-state index in [0.29, 0.717) is 18.7 Å². The molecule has 1 aromatic carbocycles. The van der Waals surface area contributed by atoms with E-state index in [1.54, 1.807) is 18.9 Å². The molecular formula is C23H35N3O3S. The highest BCUT2D eigenvalue weighted by atomic mass is 32.2. The zero-order chi connectivity index (χ0) is 21.7. The number of benzene rings is 1. The second-order valence-electron chi connectivity index (χ2n) is 8.44. The van der Waals surface area contributed by atoms with Crippen LogP contribution in [0.2, 0.25) is 0 Å². The largest absolute Gasteiger partial charge is 0.385 e. The molecule has 0 bridgehead atoms. The first-order chi connectivity index (χ1) is 14.4. The number of ether oxygens (including phenoxy) is 1. The van der Waals surface area contributed by atoms with Crippen molar-refractivity contribution >= 4 is 29.3 Å². The predicted octanol–water partition coefficient (Wildman–Crippen LogP) is 3.54. The Labute approximate surface area is 184 Å². The number of fused-ring (bicyclic) bond motifs is 1. The number of unbranched alkanes of at least 4 members (excludes halogenated alkanes) is 1. The first-order valence-corrected chi connectivity index (χ1v) is 12.0. The lowest BCUT2D eigenvalue weighted by Gasteiger charge is -2.38. The number of hydrogen-bond donors (Lipinski definition) is 1. The maximum Gasteiger partial charge on any atom is 0.254 e. The number of carbonyl (C=O) groups excluding carboxylic acids is 2. The maximum absolute atomic E-state index is 13.5. The minimum absolute atomic E-state index is 0.0527. The molecule has 1 aromatic rings. The highest BCUT2D eigenvalue weighted by Gasteiger charge is 2.33. The molecule has 2 atom stereocenters. The van der Waals surface area contributed by atoms with Gasteiger partial charge in [-0.1, -0.05) is 0 Å². The van der Waals surface area contributed by atoms with Crippen molar-refractivity contribution < 1.29 is 14.3 Å². The van der Waals surface area contributed by atoms with Gasteiger partial charge < -0.3 is 19.9 Å². The quantitative estimate of drug-likeness (QED) is 0.636. The fraction of sp³-hybridized carbons (Fsp3) is 0.652. The molecule has 2 amide bonds. The van der Waals surface area contributed by atoms with Gasteiger partial charge in [-0.2, -0.15) is 0 Å². The van der Waals surface area contributed by atoms with Gasteiger partial charge in [0.25, 0.3) is 5.91 Å². The molecule has 166 valence electrons. The SMILES string of the molecule is COCCCCN1C(=O)[C@@H](C)Sc2ccc(C(=O)N(C(C)C)[C@@H]3CCCNC3)cc21. The third-order valence-corrected chi connectivity index (χ3v) is 7.00. The van der Waals surface area contributed by atoms with Gasteiger partial charge in [0, 0.05) is 49.3 Å². The minimum Gasteiger partial charge on any atom is -0.385 e. The molecule has 2 aliphatic rings. The fourth-order valence-electron chi connectivity index (χ4n) is 4.33. The first kappa shape index (κ1) is 23.1. The number of nitrogens with zero attached hydrogens (tertiary/aromatic N) is 2. The highest BCUT2D eigenvalue weighted by molar-refractivity contribution is 8.01. The molecule has 1 fully saturated rings. The normalized spacial score (nSPS) is 21.6. The standard InChI is InChI=1S/C23H35N3O3S/c1-16(2)26(19-8-7-11-24-15-19)23(28)18-9-10-21-20(14-18)25(12-5-6-13-29-4)22(27)17(3)30-21/h9-10,14,16-17,19,24H,5-8,11-13,15H2,1-4H3/t17-,19-/m1/s1. The zero-order valence-corrected chi connectivity index (χ0v) is 19.5. The van der Waals surface area contributed by atoms with Crippen molar-refractivity contribution in [2.75, 3.05) is 38.3 Å². The number of hydrogen-bond acceptors (Lipinski definition) is 5. The summed E-state index contributed by atoms with van der Waals surface area (Å²) >= 11 is 1.58. The van der Waals surface area contributed by atoms with Gasteiger partial charge >= 0.3 is 0 Å². The van der Waals surface area contributed by atoms with E-state index in [4.69, 9.17) is 4.74 Å². The van der Waals surface area contributed by atoms with Crippen molar-refractivity contribution in [1.82, 2.24) is 10.2 Å². The number of nitrogens with one attached hydrogen (secondary N) is 1. The molecule has 2 heterocycles. The average molecular weight is 434 g/mol. The summed E-state index contributed by atoms with van der Waals surface area (Å²) in [4.78, 5) is 31.3. The van der Waals surface area contributed by atoms with Crippen LogP contribution < -0.4 is 10.2 Å². The summed E-state index contributed by atoms with van der Waals surface area (Å²) in [7, 11) is 1.69. The Balaban J connectivity index is 1.85. The summed E-state index contributed by atoms with van der Waals surface area (Å²) in [5, 5.41) is 3.31. The Hall–Kier alpha value is -1.57. The number of rotatable bonds is 8. The molecule has 0 aromatic heterocycles. The van der Waals surface area contributed by atoms with Crippen LogP contribution in [0.1, 0.15) is 56.8 Å². The fourth-order valence-corrected chi connectivity index (χ4v) is 5.37. The Morgan fingerprint density at radius 1 is 1.37 bits per heavy atom. The van der Waals surface area contributed by atoms with E-state index in [2.05, 4.69) is 19.2 Å². The van der Waals surface area contributed by atoms with E-state index in [1.807, 2.05) is 34.9 Å². The van der Waals surface area contributed by atoms with Crippen molar-refractivity contribution in [2.24, 2.45) is 0 Å². The van der Waals surface area contributed by atoms with Gasteiger partial charge in [-0.05, 0) is 71.2 Å². The van der Waals surface area contributed by atoms with E-state index in [0.717, 1.165) is 49.4 Å². The van der Waals surface area contributed by atoms with Gasteiger partial charge in [-0.25, -0.2) is 0 Å². The van der Waals surface area contributed by atoms with E-state index < -0.39 is 0 Å². The van der Waals surface area contributed by atoms with Gasteiger partial charge in [0.15, 0.2) is 0 Å². The third kappa shape index (κ3) is 5.18. The molecular weight excluding hydrogens is 398 g/mol. The average Bonchev–Trinajstić information content (AvgIpc) is 2.74. The summed E-state index contributed by atoms with van der Waals surface area (Å²) in [5.41, 5.74) is 1.54. The number of thioether (sulfide) groups is 1. The smallest absolute Gasteiger partial charge is 0.254 e. The van der Waals surface area contributed by atoms with E-state index in [9.17, 15) is 9.59 Å². The molecule has 0 spiro atoms.